The lowest BCUT2D eigenvalue weighted by atomic mass is 9.91. The summed E-state index contributed by atoms with van der Waals surface area (Å²) in [7, 11) is 1.75. The molecule has 0 amide bonds. The van der Waals surface area contributed by atoms with Crippen molar-refractivity contribution >= 4 is 16.8 Å². The second-order valence-corrected chi connectivity index (χ2v) is 6.23. The molecule has 5 heteroatoms. The van der Waals surface area contributed by atoms with Gasteiger partial charge in [-0.3, -0.25) is 0 Å². The molecular weight excluding hydrogens is 302 g/mol. The molecule has 3 aromatic rings. The Labute approximate surface area is 141 Å². The monoisotopic (exact) mass is 323 g/mol. The van der Waals surface area contributed by atoms with Crippen LogP contribution in [0.2, 0.25) is 0 Å². The molecule has 1 aliphatic heterocycles. The van der Waals surface area contributed by atoms with E-state index in [9.17, 15) is 0 Å². The van der Waals surface area contributed by atoms with Crippen molar-refractivity contribution < 1.29 is 9.15 Å². The molecular formula is C19H21N3O2. The second-order valence-electron chi connectivity index (χ2n) is 6.23. The van der Waals surface area contributed by atoms with Crippen LogP contribution in [-0.2, 0) is 0 Å². The third-order valence-corrected chi connectivity index (χ3v) is 4.85. The van der Waals surface area contributed by atoms with E-state index in [1.54, 1.807) is 19.6 Å². The van der Waals surface area contributed by atoms with Gasteiger partial charge in [0.2, 0.25) is 0 Å². The third-order valence-electron chi connectivity index (χ3n) is 4.85. The molecule has 1 unspecified atom stereocenters. The number of methoxy groups -OCH3 is 1. The standard InChI is InChI=1S/C19H21N3O2/c1-23-17-7-3-2-6-16(17)14-5-4-10-22(11-8-14)19-18-15(9-12-24-18)13-20-21-19/h2-3,6-7,9,12-14H,4-5,8,10-11H2,1H3. The van der Waals surface area contributed by atoms with Crippen molar-refractivity contribution in [2.24, 2.45) is 0 Å². The molecule has 1 aromatic carbocycles. The highest BCUT2D eigenvalue weighted by atomic mass is 16.5. The number of anilines is 1. The minimum absolute atomic E-state index is 0.509. The SMILES string of the molecule is COc1ccccc1C1CCCN(c2nncc3ccoc23)CC1. The van der Waals surface area contributed by atoms with Crippen molar-refractivity contribution in [3.8, 4) is 5.75 Å². The molecule has 24 heavy (non-hydrogen) atoms. The zero-order chi connectivity index (χ0) is 16.4. The number of ether oxygens (including phenoxy) is 1. The largest absolute Gasteiger partial charge is 0.496 e. The number of aromatic nitrogens is 2. The van der Waals surface area contributed by atoms with Gasteiger partial charge in [0.1, 0.15) is 5.75 Å². The maximum atomic E-state index is 5.63. The van der Waals surface area contributed by atoms with Crippen LogP contribution in [0.1, 0.15) is 30.7 Å². The number of furan rings is 1. The first-order valence-corrected chi connectivity index (χ1v) is 8.43. The van der Waals surface area contributed by atoms with Crippen LogP contribution in [0.4, 0.5) is 5.82 Å². The molecule has 2 aromatic heterocycles. The summed E-state index contributed by atoms with van der Waals surface area (Å²) in [6.07, 6.45) is 6.78. The van der Waals surface area contributed by atoms with E-state index in [1.165, 1.54) is 5.56 Å². The van der Waals surface area contributed by atoms with Crippen LogP contribution in [0.15, 0.2) is 47.2 Å². The Morgan fingerprint density at radius 2 is 2.08 bits per heavy atom. The molecule has 0 N–H and O–H groups in total. The first-order valence-electron chi connectivity index (χ1n) is 8.43. The smallest absolute Gasteiger partial charge is 0.195 e. The number of hydrogen-bond acceptors (Lipinski definition) is 5. The van der Waals surface area contributed by atoms with Gasteiger partial charge in [-0.1, -0.05) is 18.2 Å². The lowest BCUT2D eigenvalue weighted by Gasteiger charge is -2.21. The molecule has 124 valence electrons. The summed E-state index contributed by atoms with van der Waals surface area (Å²) < 4.78 is 11.2. The van der Waals surface area contributed by atoms with E-state index in [0.717, 1.165) is 54.9 Å². The van der Waals surface area contributed by atoms with Crippen LogP contribution < -0.4 is 9.64 Å². The minimum atomic E-state index is 0.509. The zero-order valence-electron chi connectivity index (χ0n) is 13.8. The average molecular weight is 323 g/mol. The van der Waals surface area contributed by atoms with E-state index in [-0.39, 0.29) is 0 Å². The molecule has 1 atom stereocenters. The van der Waals surface area contributed by atoms with Crippen LogP contribution in [-0.4, -0.2) is 30.4 Å². The van der Waals surface area contributed by atoms with Crippen LogP contribution in [0.5, 0.6) is 5.75 Å². The molecule has 5 nitrogen and oxygen atoms in total. The van der Waals surface area contributed by atoms with Crippen molar-refractivity contribution in [3.63, 3.8) is 0 Å². The molecule has 0 spiro atoms. The minimum Gasteiger partial charge on any atom is -0.496 e. The molecule has 1 aliphatic rings. The number of hydrogen-bond donors (Lipinski definition) is 0. The predicted molar refractivity (Wildman–Crippen MR) is 93.6 cm³/mol. The summed E-state index contributed by atoms with van der Waals surface area (Å²) in [5.74, 6) is 2.36. The van der Waals surface area contributed by atoms with Crippen molar-refractivity contribution in [1.82, 2.24) is 10.2 Å². The molecule has 1 saturated heterocycles. The molecule has 3 heterocycles. The van der Waals surface area contributed by atoms with E-state index in [0.29, 0.717) is 5.92 Å². The van der Waals surface area contributed by atoms with Gasteiger partial charge in [0.25, 0.3) is 0 Å². The quantitative estimate of drug-likeness (QED) is 0.729. The van der Waals surface area contributed by atoms with Gasteiger partial charge in [-0.05, 0) is 42.9 Å². The second kappa shape index (κ2) is 6.51. The molecule has 4 rings (SSSR count). The summed E-state index contributed by atoms with van der Waals surface area (Å²) in [6.45, 7) is 1.91. The van der Waals surface area contributed by atoms with E-state index in [2.05, 4.69) is 27.2 Å². The highest BCUT2D eigenvalue weighted by molar-refractivity contribution is 5.86. The fraction of sp³-hybridized carbons (Fsp3) is 0.368. The number of rotatable bonds is 3. The van der Waals surface area contributed by atoms with Crippen molar-refractivity contribution in [2.75, 3.05) is 25.1 Å². The Kier molecular flexibility index (Phi) is 4.07. The summed E-state index contributed by atoms with van der Waals surface area (Å²) in [4.78, 5) is 2.30. The first-order chi connectivity index (χ1) is 11.9. The van der Waals surface area contributed by atoms with Gasteiger partial charge in [0.15, 0.2) is 11.4 Å². The number of benzene rings is 1. The summed E-state index contributed by atoms with van der Waals surface area (Å²) in [6, 6.07) is 10.3. The Morgan fingerprint density at radius 3 is 3.00 bits per heavy atom. The summed E-state index contributed by atoms with van der Waals surface area (Å²) >= 11 is 0. The Balaban J connectivity index is 1.57. The predicted octanol–water partition coefficient (Wildman–Crippen LogP) is 4.01. The fourth-order valence-electron chi connectivity index (χ4n) is 3.62. The van der Waals surface area contributed by atoms with Crippen molar-refractivity contribution in [1.29, 1.82) is 0 Å². The highest BCUT2D eigenvalue weighted by Crippen LogP contribution is 2.35. The van der Waals surface area contributed by atoms with E-state index in [4.69, 9.17) is 9.15 Å². The van der Waals surface area contributed by atoms with Crippen LogP contribution in [0, 0.1) is 0 Å². The van der Waals surface area contributed by atoms with Crippen LogP contribution in [0.3, 0.4) is 0 Å². The zero-order valence-corrected chi connectivity index (χ0v) is 13.8. The van der Waals surface area contributed by atoms with Gasteiger partial charge in [-0.15, -0.1) is 5.10 Å². The van der Waals surface area contributed by atoms with Gasteiger partial charge in [-0.25, -0.2) is 0 Å². The van der Waals surface area contributed by atoms with Gasteiger partial charge in [0.05, 0.1) is 19.6 Å². The first kappa shape index (κ1) is 15.0. The summed E-state index contributed by atoms with van der Waals surface area (Å²) in [5, 5.41) is 9.46. The van der Waals surface area contributed by atoms with E-state index >= 15 is 0 Å². The maximum absolute atomic E-state index is 5.63. The lowest BCUT2D eigenvalue weighted by Crippen LogP contribution is -2.25. The van der Waals surface area contributed by atoms with Crippen LogP contribution >= 0.6 is 0 Å². The number of fused-ring (bicyclic) bond motifs is 1. The van der Waals surface area contributed by atoms with Gasteiger partial charge < -0.3 is 14.1 Å². The maximum Gasteiger partial charge on any atom is 0.195 e. The molecule has 0 bridgehead atoms. The number of para-hydroxylation sites is 1. The topological polar surface area (TPSA) is 51.4 Å². The number of nitrogens with zero attached hydrogens (tertiary/aromatic N) is 3. The Bertz CT molecular complexity index is 830. The molecule has 0 aliphatic carbocycles. The highest BCUT2D eigenvalue weighted by Gasteiger charge is 2.23. The van der Waals surface area contributed by atoms with Gasteiger partial charge in [0, 0.05) is 18.5 Å². The van der Waals surface area contributed by atoms with Crippen molar-refractivity contribution in [2.45, 2.75) is 25.2 Å². The summed E-state index contributed by atoms with van der Waals surface area (Å²) in [5.41, 5.74) is 2.14. The van der Waals surface area contributed by atoms with Crippen molar-refractivity contribution in [3.05, 3.63) is 48.4 Å². The fourth-order valence-corrected chi connectivity index (χ4v) is 3.62. The Morgan fingerprint density at radius 1 is 1.17 bits per heavy atom. The Hall–Kier alpha value is -2.56. The van der Waals surface area contributed by atoms with Crippen LogP contribution in [0.25, 0.3) is 11.0 Å². The van der Waals surface area contributed by atoms with E-state index < -0.39 is 0 Å². The molecule has 0 radical (unpaired) electrons. The lowest BCUT2D eigenvalue weighted by molar-refractivity contribution is 0.403. The molecule has 1 fully saturated rings. The third kappa shape index (κ3) is 2.70. The van der Waals surface area contributed by atoms with Gasteiger partial charge >= 0.3 is 0 Å². The molecule has 0 saturated carbocycles. The van der Waals surface area contributed by atoms with E-state index in [1.807, 2.05) is 18.2 Å². The normalized spacial score (nSPS) is 18.5. The average Bonchev–Trinajstić information content (AvgIpc) is 2.98. The van der Waals surface area contributed by atoms with Gasteiger partial charge in [-0.2, -0.15) is 5.10 Å².